The van der Waals surface area contributed by atoms with Crippen molar-refractivity contribution in [1.29, 1.82) is 0 Å². The first-order valence-corrected chi connectivity index (χ1v) is 5.87. The highest BCUT2D eigenvalue weighted by Gasteiger charge is 2.38. The van der Waals surface area contributed by atoms with Crippen LogP contribution in [0, 0.1) is 10.1 Å². The second kappa shape index (κ2) is 6.08. The van der Waals surface area contributed by atoms with Crippen molar-refractivity contribution in [2.75, 3.05) is 18.5 Å². The van der Waals surface area contributed by atoms with Crippen LogP contribution in [-0.2, 0) is 6.18 Å². The van der Waals surface area contributed by atoms with Crippen molar-refractivity contribution in [3.8, 4) is 0 Å². The van der Waals surface area contributed by atoms with Gasteiger partial charge >= 0.3 is 6.18 Å². The fourth-order valence-electron chi connectivity index (χ4n) is 1.66. The van der Waals surface area contributed by atoms with Crippen LogP contribution in [-0.4, -0.2) is 29.7 Å². The summed E-state index contributed by atoms with van der Waals surface area (Å²) in [5.41, 5.74) is -2.03. The number of rotatable bonds is 5. The summed E-state index contributed by atoms with van der Waals surface area (Å²) in [5, 5.41) is 19.8. The van der Waals surface area contributed by atoms with Crippen molar-refractivity contribution in [2.45, 2.75) is 25.6 Å². The monoisotopic (exact) mass is 292 g/mol. The van der Waals surface area contributed by atoms with Gasteiger partial charge in [0, 0.05) is 25.3 Å². The van der Waals surface area contributed by atoms with Crippen LogP contribution in [0.1, 0.15) is 18.9 Å². The molecule has 0 aromatic heterocycles. The molecule has 1 unspecified atom stereocenters. The van der Waals surface area contributed by atoms with E-state index >= 15 is 0 Å². The molecular weight excluding hydrogens is 277 g/mol. The zero-order valence-corrected chi connectivity index (χ0v) is 11.0. The van der Waals surface area contributed by atoms with E-state index in [-0.39, 0.29) is 5.69 Å². The molecule has 1 aromatic carbocycles. The van der Waals surface area contributed by atoms with Crippen LogP contribution < -0.4 is 4.90 Å². The molecule has 0 saturated heterocycles. The highest BCUT2D eigenvalue weighted by Crippen LogP contribution is 2.38. The van der Waals surface area contributed by atoms with Gasteiger partial charge in [0.2, 0.25) is 0 Å². The highest BCUT2D eigenvalue weighted by atomic mass is 19.4. The third-order valence-electron chi connectivity index (χ3n) is 2.81. The number of aliphatic hydroxyl groups excluding tert-OH is 1. The van der Waals surface area contributed by atoms with Gasteiger partial charge in [0.25, 0.3) is 5.69 Å². The third-order valence-corrected chi connectivity index (χ3v) is 2.81. The normalized spacial score (nSPS) is 13.1. The standard InChI is InChI=1S/C12H15F3N2O3/c1-8(18)5-6-16(2)9-3-4-11(17(19)20)10(7-9)12(13,14)15/h3-4,7-8,18H,5-6H2,1-2H3. The molecule has 0 radical (unpaired) electrons. The number of halogens is 3. The molecule has 1 atom stereocenters. The smallest absolute Gasteiger partial charge is 0.393 e. The zero-order valence-electron chi connectivity index (χ0n) is 11.0. The number of hydrogen-bond donors (Lipinski definition) is 1. The Morgan fingerprint density at radius 2 is 2.05 bits per heavy atom. The van der Waals surface area contributed by atoms with E-state index in [0.717, 1.165) is 12.1 Å². The third kappa shape index (κ3) is 4.09. The maximum absolute atomic E-state index is 12.8. The molecule has 0 amide bonds. The van der Waals surface area contributed by atoms with E-state index in [1.807, 2.05) is 0 Å². The van der Waals surface area contributed by atoms with Crippen LogP contribution in [0.15, 0.2) is 18.2 Å². The molecule has 0 heterocycles. The Hall–Kier alpha value is -1.83. The van der Waals surface area contributed by atoms with E-state index in [0.29, 0.717) is 13.0 Å². The van der Waals surface area contributed by atoms with Gasteiger partial charge in [-0.1, -0.05) is 0 Å². The van der Waals surface area contributed by atoms with Crippen LogP contribution >= 0.6 is 0 Å². The van der Waals surface area contributed by atoms with Crippen molar-refractivity contribution in [3.63, 3.8) is 0 Å². The maximum Gasteiger partial charge on any atom is 0.423 e. The number of hydrogen-bond acceptors (Lipinski definition) is 4. The Labute approximate surface area is 113 Å². The SMILES string of the molecule is CC(O)CCN(C)c1ccc([N+](=O)[O-])c(C(F)(F)F)c1. The minimum atomic E-state index is -4.79. The lowest BCUT2D eigenvalue weighted by Crippen LogP contribution is -2.22. The van der Waals surface area contributed by atoms with E-state index < -0.39 is 28.5 Å². The number of anilines is 1. The molecule has 0 aliphatic rings. The summed E-state index contributed by atoms with van der Waals surface area (Å²) in [6.07, 6.45) is -4.98. The number of alkyl halides is 3. The van der Waals surface area contributed by atoms with Gasteiger partial charge < -0.3 is 10.0 Å². The molecule has 1 N–H and O–H groups in total. The molecule has 0 saturated carbocycles. The van der Waals surface area contributed by atoms with Crippen molar-refractivity contribution < 1.29 is 23.2 Å². The minimum absolute atomic E-state index is 0.212. The van der Waals surface area contributed by atoms with Crippen LogP contribution in [0.3, 0.4) is 0 Å². The first-order chi connectivity index (χ1) is 9.12. The summed E-state index contributed by atoms with van der Waals surface area (Å²) in [4.78, 5) is 11.1. The first-order valence-electron chi connectivity index (χ1n) is 5.87. The average Bonchev–Trinajstić information content (AvgIpc) is 2.33. The van der Waals surface area contributed by atoms with Gasteiger partial charge in [-0.2, -0.15) is 13.2 Å². The van der Waals surface area contributed by atoms with E-state index in [9.17, 15) is 23.3 Å². The Morgan fingerprint density at radius 1 is 1.45 bits per heavy atom. The second-order valence-electron chi connectivity index (χ2n) is 4.52. The fourth-order valence-corrected chi connectivity index (χ4v) is 1.66. The highest BCUT2D eigenvalue weighted by molar-refractivity contribution is 5.56. The van der Waals surface area contributed by atoms with Crippen LogP contribution in [0.4, 0.5) is 24.5 Å². The van der Waals surface area contributed by atoms with Crippen molar-refractivity contribution >= 4 is 11.4 Å². The van der Waals surface area contributed by atoms with Crippen LogP contribution in [0.2, 0.25) is 0 Å². The number of nitrogens with zero attached hydrogens (tertiary/aromatic N) is 2. The second-order valence-corrected chi connectivity index (χ2v) is 4.52. The summed E-state index contributed by atoms with van der Waals surface area (Å²) < 4.78 is 38.4. The van der Waals surface area contributed by atoms with Gasteiger partial charge in [-0.05, 0) is 25.5 Å². The molecule has 8 heteroatoms. The lowest BCUT2D eigenvalue weighted by atomic mass is 10.1. The van der Waals surface area contributed by atoms with E-state index in [1.54, 1.807) is 14.0 Å². The van der Waals surface area contributed by atoms with Gasteiger partial charge in [-0.15, -0.1) is 0 Å². The Balaban J connectivity index is 3.10. The summed E-state index contributed by atoms with van der Waals surface area (Å²) in [6.45, 7) is 1.91. The maximum atomic E-state index is 12.8. The summed E-state index contributed by atoms with van der Waals surface area (Å²) in [7, 11) is 1.56. The molecular formula is C12H15F3N2O3. The molecule has 1 rings (SSSR count). The minimum Gasteiger partial charge on any atom is -0.393 e. The molecule has 0 aliphatic carbocycles. The van der Waals surface area contributed by atoms with Crippen molar-refractivity contribution in [3.05, 3.63) is 33.9 Å². The van der Waals surface area contributed by atoms with Gasteiger partial charge in [-0.25, -0.2) is 0 Å². The summed E-state index contributed by atoms with van der Waals surface area (Å²) in [6, 6.07) is 2.85. The molecule has 1 aromatic rings. The molecule has 5 nitrogen and oxygen atoms in total. The number of benzene rings is 1. The van der Waals surface area contributed by atoms with E-state index in [4.69, 9.17) is 5.11 Å². The summed E-state index contributed by atoms with van der Waals surface area (Å²) >= 11 is 0. The lowest BCUT2D eigenvalue weighted by molar-refractivity contribution is -0.388. The van der Waals surface area contributed by atoms with Gasteiger partial charge in [0.1, 0.15) is 5.56 Å². The zero-order chi connectivity index (χ0) is 15.5. The Kier molecular flexibility index (Phi) is 4.93. The first kappa shape index (κ1) is 16.2. The largest absolute Gasteiger partial charge is 0.423 e. The van der Waals surface area contributed by atoms with Gasteiger partial charge in [0.05, 0.1) is 11.0 Å². The topological polar surface area (TPSA) is 66.6 Å². The number of nitro benzene ring substituents is 1. The van der Waals surface area contributed by atoms with Crippen molar-refractivity contribution in [1.82, 2.24) is 0 Å². The van der Waals surface area contributed by atoms with Crippen LogP contribution in [0.25, 0.3) is 0 Å². The number of nitro groups is 1. The Morgan fingerprint density at radius 3 is 2.50 bits per heavy atom. The molecule has 0 bridgehead atoms. The number of aliphatic hydroxyl groups is 1. The fraction of sp³-hybridized carbons (Fsp3) is 0.500. The predicted octanol–water partition coefficient (Wildman–Crippen LogP) is 2.82. The molecule has 20 heavy (non-hydrogen) atoms. The molecule has 0 spiro atoms. The quantitative estimate of drug-likeness (QED) is 0.669. The molecule has 0 fully saturated rings. The van der Waals surface area contributed by atoms with E-state index in [2.05, 4.69) is 0 Å². The van der Waals surface area contributed by atoms with Crippen molar-refractivity contribution in [2.24, 2.45) is 0 Å². The lowest BCUT2D eigenvalue weighted by Gasteiger charge is -2.21. The summed E-state index contributed by atoms with van der Waals surface area (Å²) in [5.74, 6) is 0. The van der Waals surface area contributed by atoms with E-state index in [1.165, 1.54) is 11.0 Å². The Bertz CT molecular complexity index is 489. The predicted molar refractivity (Wildman–Crippen MR) is 67.7 cm³/mol. The van der Waals surface area contributed by atoms with Gasteiger partial charge in [-0.3, -0.25) is 10.1 Å². The average molecular weight is 292 g/mol. The van der Waals surface area contributed by atoms with Gasteiger partial charge in [0.15, 0.2) is 0 Å². The molecule has 0 aliphatic heterocycles. The van der Waals surface area contributed by atoms with Crippen LogP contribution in [0.5, 0.6) is 0 Å². The molecule has 112 valence electrons.